The Bertz CT molecular complexity index is 1100. The minimum absolute atomic E-state index is 0.136. The Kier molecular flexibility index (Phi) is 7.80. The molecule has 30 heavy (non-hydrogen) atoms. The summed E-state index contributed by atoms with van der Waals surface area (Å²) in [6.07, 6.45) is 5.45. The second-order valence-electron chi connectivity index (χ2n) is 6.45. The topological polar surface area (TPSA) is 55.4 Å². The Labute approximate surface area is 187 Å². The van der Waals surface area contributed by atoms with Crippen LogP contribution in [-0.2, 0) is 10.0 Å². The molecule has 0 aliphatic rings. The Morgan fingerprint density at radius 1 is 0.900 bits per heavy atom. The first-order valence-corrected chi connectivity index (χ1v) is 11.6. The zero-order valence-corrected chi connectivity index (χ0v) is 18.4. The number of unbranched alkanes of at least 4 members (excludes halogenated alkanes) is 1. The van der Waals surface area contributed by atoms with Crippen molar-refractivity contribution in [2.75, 3.05) is 11.3 Å². The summed E-state index contributed by atoms with van der Waals surface area (Å²) in [7, 11) is -3.79. The average Bonchev–Trinajstić information content (AvgIpc) is 2.76. The first kappa shape index (κ1) is 22.2. The van der Waals surface area contributed by atoms with Gasteiger partial charge in [0.15, 0.2) is 0 Å². The molecule has 0 saturated heterocycles. The van der Waals surface area contributed by atoms with Crippen molar-refractivity contribution in [3.05, 3.63) is 94.5 Å². The van der Waals surface area contributed by atoms with Crippen LogP contribution in [0.3, 0.4) is 0 Å². The summed E-state index contributed by atoms with van der Waals surface area (Å²) < 4.78 is 33.4. The van der Waals surface area contributed by atoms with Crippen molar-refractivity contribution in [3.63, 3.8) is 0 Å². The van der Waals surface area contributed by atoms with Gasteiger partial charge in [-0.05, 0) is 48.7 Å². The number of nitrogens with one attached hydrogen (secondary N) is 1. The third-order valence-corrected chi connectivity index (χ3v) is 6.32. The maximum absolute atomic E-state index is 12.6. The molecule has 7 heteroatoms. The maximum Gasteiger partial charge on any atom is 0.261 e. The summed E-state index contributed by atoms with van der Waals surface area (Å²) in [5, 5.41) is 0.478. The largest absolute Gasteiger partial charge is 0.494 e. The van der Waals surface area contributed by atoms with Gasteiger partial charge in [-0.25, -0.2) is 8.42 Å². The number of hydrogen-bond acceptors (Lipinski definition) is 3. The molecule has 0 spiro atoms. The predicted octanol–water partition coefficient (Wildman–Crippen LogP) is 6.67. The fourth-order valence-electron chi connectivity index (χ4n) is 2.70. The third-order valence-electron chi connectivity index (χ3n) is 4.24. The van der Waals surface area contributed by atoms with Gasteiger partial charge in [-0.2, -0.15) is 0 Å². The van der Waals surface area contributed by atoms with Gasteiger partial charge in [-0.1, -0.05) is 77.8 Å². The molecule has 3 rings (SSSR count). The molecule has 3 aromatic carbocycles. The van der Waals surface area contributed by atoms with E-state index in [1.54, 1.807) is 30.3 Å². The van der Waals surface area contributed by atoms with Crippen LogP contribution < -0.4 is 9.46 Å². The van der Waals surface area contributed by atoms with E-state index < -0.39 is 10.0 Å². The molecular weight excluding hydrogens is 441 g/mol. The average molecular weight is 462 g/mol. The van der Waals surface area contributed by atoms with Gasteiger partial charge in [-0.15, -0.1) is 0 Å². The summed E-state index contributed by atoms with van der Waals surface area (Å²) in [4.78, 5) is 0.136. The Morgan fingerprint density at radius 3 is 2.27 bits per heavy atom. The number of ether oxygens (including phenoxy) is 1. The van der Waals surface area contributed by atoms with Crippen LogP contribution in [0.15, 0.2) is 83.8 Å². The van der Waals surface area contributed by atoms with E-state index in [-0.39, 0.29) is 20.6 Å². The van der Waals surface area contributed by atoms with Crippen LogP contribution in [0.2, 0.25) is 10.0 Å². The van der Waals surface area contributed by atoms with E-state index in [4.69, 9.17) is 27.9 Å². The van der Waals surface area contributed by atoms with Crippen molar-refractivity contribution < 1.29 is 13.2 Å². The quantitative estimate of drug-likeness (QED) is 0.362. The highest BCUT2D eigenvalue weighted by Gasteiger charge is 2.18. The van der Waals surface area contributed by atoms with Crippen LogP contribution >= 0.6 is 23.2 Å². The lowest BCUT2D eigenvalue weighted by Gasteiger charge is -2.13. The second-order valence-corrected chi connectivity index (χ2v) is 8.92. The zero-order chi connectivity index (χ0) is 21.4. The normalized spacial score (nSPS) is 11.5. The minimum atomic E-state index is -3.79. The first-order valence-electron chi connectivity index (χ1n) is 9.37. The SMILES string of the molecule is O=S(=O)(Nc1c(Cl)ccc(/C=C/CCCOc2ccccc2)c1Cl)c1ccccc1. The molecule has 0 aromatic heterocycles. The standard InChI is InChI=1S/C23H21Cl2NO3S/c24-21-16-15-18(10-4-3-9-17-29-19-11-5-1-6-12-19)22(25)23(21)26-30(27,28)20-13-7-2-8-14-20/h1-2,4-8,10-16,26H,3,9,17H2/b10-4+. The number of benzene rings is 3. The van der Waals surface area contributed by atoms with E-state index in [1.165, 1.54) is 12.1 Å². The highest BCUT2D eigenvalue weighted by Crippen LogP contribution is 2.35. The molecule has 3 aromatic rings. The van der Waals surface area contributed by atoms with Gasteiger partial charge in [-0.3, -0.25) is 4.72 Å². The molecule has 0 aliphatic heterocycles. The smallest absolute Gasteiger partial charge is 0.261 e. The van der Waals surface area contributed by atoms with Crippen LogP contribution in [0.1, 0.15) is 18.4 Å². The van der Waals surface area contributed by atoms with Crippen LogP contribution in [0.25, 0.3) is 6.08 Å². The van der Waals surface area contributed by atoms with Crippen LogP contribution in [-0.4, -0.2) is 15.0 Å². The molecule has 4 nitrogen and oxygen atoms in total. The van der Waals surface area contributed by atoms with Crippen LogP contribution in [0.4, 0.5) is 5.69 Å². The lowest BCUT2D eigenvalue weighted by atomic mass is 10.1. The van der Waals surface area contributed by atoms with Crippen molar-refractivity contribution in [1.29, 1.82) is 0 Å². The number of halogens is 2. The maximum atomic E-state index is 12.6. The molecule has 0 heterocycles. The molecule has 0 fully saturated rings. The lowest BCUT2D eigenvalue weighted by Crippen LogP contribution is -2.13. The fraction of sp³-hybridized carbons (Fsp3) is 0.130. The van der Waals surface area contributed by atoms with Gasteiger partial charge < -0.3 is 4.74 Å². The van der Waals surface area contributed by atoms with E-state index in [1.807, 2.05) is 42.5 Å². The number of rotatable bonds is 9. The molecule has 0 saturated carbocycles. The predicted molar refractivity (Wildman–Crippen MR) is 124 cm³/mol. The lowest BCUT2D eigenvalue weighted by molar-refractivity contribution is 0.312. The van der Waals surface area contributed by atoms with Gasteiger partial charge in [0.25, 0.3) is 10.0 Å². The monoisotopic (exact) mass is 461 g/mol. The molecule has 0 radical (unpaired) electrons. The summed E-state index contributed by atoms with van der Waals surface area (Å²) in [5.41, 5.74) is 0.840. The van der Waals surface area contributed by atoms with Gasteiger partial charge in [0.05, 0.1) is 27.2 Å². The Hall–Kier alpha value is -2.47. The van der Waals surface area contributed by atoms with Crippen molar-refractivity contribution in [1.82, 2.24) is 0 Å². The Balaban J connectivity index is 1.63. The summed E-state index contributed by atoms with van der Waals surface area (Å²) in [5.74, 6) is 0.845. The van der Waals surface area contributed by atoms with Crippen molar-refractivity contribution in [2.45, 2.75) is 17.7 Å². The summed E-state index contributed by atoms with van der Waals surface area (Å²) >= 11 is 12.6. The minimum Gasteiger partial charge on any atom is -0.494 e. The molecule has 0 atom stereocenters. The van der Waals surface area contributed by atoms with Crippen molar-refractivity contribution in [3.8, 4) is 5.75 Å². The molecular formula is C23H21Cl2NO3S. The highest BCUT2D eigenvalue weighted by atomic mass is 35.5. The summed E-state index contributed by atoms with van der Waals surface area (Å²) in [6, 6.07) is 21.1. The van der Waals surface area contributed by atoms with Gasteiger partial charge >= 0.3 is 0 Å². The van der Waals surface area contributed by atoms with Crippen molar-refractivity contribution in [2.24, 2.45) is 0 Å². The molecule has 156 valence electrons. The molecule has 0 aliphatic carbocycles. The van der Waals surface area contributed by atoms with Gasteiger partial charge in [0, 0.05) is 0 Å². The van der Waals surface area contributed by atoms with Crippen LogP contribution in [0.5, 0.6) is 5.75 Å². The van der Waals surface area contributed by atoms with E-state index in [0.717, 1.165) is 18.6 Å². The summed E-state index contributed by atoms with van der Waals surface area (Å²) in [6.45, 7) is 0.602. The van der Waals surface area contributed by atoms with E-state index in [0.29, 0.717) is 12.2 Å². The van der Waals surface area contributed by atoms with E-state index >= 15 is 0 Å². The van der Waals surface area contributed by atoms with Crippen LogP contribution in [0, 0.1) is 0 Å². The van der Waals surface area contributed by atoms with Gasteiger partial charge in [0.2, 0.25) is 0 Å². The molecule has 1 N–H and O–H groups in total. The Morgan fingerprint density at radius 2 is 1.57 bits per heavy atom. The molecule has 0 amide bonds. The number of allylic oxidation sites excluding steroid dienone is 1. The van der Waals surface area contributed by atoms with Crippen molar-refractivity contribution >= 4 is 45.0 Å². The van der Waals surface area contributed by atoms with E-state index in [9.17, 15) is 8.42 Å². The number of para-hydroxylation sites is 1. The fourth-order valence-corrected chi connectivity index (χ4v) is 4.46. The zero-order valence-electron chi connectivity index (χ0n) is 16.1. The number of anilines is 1. The first-order chi connectivity index (χ1) is 14.5. The van der Waals surface area contributed by atoms with E-state index in [2.05, 4.69) is 4.72 Å². The van der Waals surface area contributed by atoms with Gasteiger partial charge in [0.1, 0.15) is 5.75 Å². The number of sulfonamides is 1. The third kappa shape index (κ3) is 6.02. The molecule has 0 unspecified atom stereocenters. The second kappa shape index (κ2) is 10.5. The highest BCUT2D eigenvalue weighted by molar-refractivity contribution is 7.92. The number of hydrogen-bond donors (Lipinski definition) is 1. The molecule has 0 bridgehead atoms.